The largest absolute Gasteiger partial charge is 0.496 e. The molecular weight excluding hydrogens is 392 g/mol. The van der Waals surface area contributed by atoms with Gasteiger partial charge in [-0.2, -0.15) is 4.98 Å². The summed E-state index contributed by atoms with van der Waals surface area (Å²) >= 11 is 0. The third-order valence-corrected chi connectivity index (χ3v) is 5.13. The van der Waals surface area contributed by atoms with Crippen molar-refractivity contribution in [3.63, 3.8) is 0 Å². The van der Waals surface area contributed by atoms with Crippen LogP contribution in [0.3, 0.4) is 0 Å². The quantitative estimate of drug-likeness (QED) is 0.380. The molecule has 0 radical (unpaired) electrons. The highest BCUT2D eigenvalue weighted by Crippen LogP contribution is 2.35. The number of nitrogens with zero attached hydrogens (tertiary/aromatic N) is 2. The number of aldehydes is 1. The lowest BCUT2D eigenvalue weighted by atomic mass is 9.97. The van der Waals surface area contributed by atoms with E-state index >= 15 is 0 Å². The maximum atomic E-state index is 11.1. The van der Waals surface area contributed by atoms with E-state index in [9.17, 15) is 4.79 Å². The molecule has 0 saturated carbocycles. The van der Waals surface area contributed by atoms with Gasteiger partial charge in [-0.05, 0) is 47.9 Å². The van der Waals surface area contributed by atoms with Gasteiger partial charge in [-0.15, -0.1) is 0 Å². The smallest absolute Gasteiger partial charge is 0.258 e. The molecule has 3 aromatic carbocycles. The molecule has 0 N–H and O–H groups in total. The molecule has 1 heterocycles. The van der Waals surface area contributed by atoms with Gasteiger partial charge in [0.2, 0.25) is 5.82 Å². The predicted molar refractivity (Wildman–Crippen MR) is 118 cm³/mol. The van der Waals surface area contributed by atoms with Gasteiger partial charge in [-0.3, -0.25) is 4.79 Å². The summed E-state index contributed by atoms with van der Waals surface area (Å²) in [6.07, 6.45) is 0.835. The Balaban J connectivity index is 1.72. The van der Waals surface area contributed by atoms with Crippen molar-refractivity contribution in [2.45, 2.75) is 13.5 Å². The van der Waals surface area contributed by atoms with Crippen LogP contribution < -0.4 is 4.74 Å². The number of methoxy groups -OCH3 is 2. The van der Waals surface area contributed by atoms with Crippen LogP contribution in [0, 0.1) is 6.92 Å². The second kappa shape index (κ2) is 8.93. The van der Waals surface area contributed by atoms with Gasteiger partial charge >= 0.3 is 0 Å². The summed E-state index contributed by atoms with van der Waals surface area (Å²) in [6, 6.07) is 19.3. The van der Waals surface area contributed by atoms with Crippen LogP contribution in [-0.4, -0.2) is 30.6 Å². The van der Waals surface area contributed by atoms with Gasteiger partial charge in [0.25, 0.3) is 5.89 Å². The minimum absolute atomic E-state index is 0.413. The van der Waals surface area contributed by atoms with E-state index in [2.05, 4.69) is 10.1 Å². The number of carbonyl (C=O) groups excluding carboxylic acids is 1. The molecule has 0 aliphatic carbocycles. The fourth-order valence-corrected chi connectivity index (χ4v) is 3.54. The van der Waals surface area contributed by atoms with Crippen LogP contribution in [0.2, 0.25) is 0 Å². The van der Waals surface area contributed by atoms with Crippen LogP contribution in [0.5, 0.6) is 5.75 Å². The summed E-state index contributed by atoms with van der Waals surface area (Å²) in [5, 5.41) is 4.12. The van der Waals surface area contributed by atoms with E-state index in [1.807, 2.05) is 61.5 Å². The van der Waals surface area contributed by atoms with Gasteiger partial charge in [0.05, 0.1) is 13.7 Å². The third kappa shape index (κ3) is 4.11. The summed E-state index contributed by atoms with van der Waals surface area (Å²) in [5.41, 5.74) is 6.08. The van der Waals surface area contributed by atoms with E-state index in [0.29, 0.717) is 23.9 Å². The zero-order chi connectivity index (χ0) is 21.8. The van der Waals surface area contributed by atoms with Crippen molar-refractivity contribution in [2.24, 2.45) is 0 Å². The van der Waals surface area contributed by atoms with Crippen LogP contribution >= 0.6 is 0 Å². The molecule has 0 aliphatic rings. The van der Waals surface area contributed by atoms with Gasteiger partial charge in [-0.1, -0.05) is 41.6 Å². The fourth-order valence-electron chi connectivity index (χ4n) is 3.54. The molecular formula is C25H22N2O4. The van der Waals surface area contributed by atoms with Crippen molar-refractivity contribution in [3.05, 3.63) is 77.4 Å². The lowest BCUT2D eigenvalue weighted by Gasteiger charge is -2.13. The standard InChI is InChI=1S/C25H22N2O4/c1-16-12-17(8-9-19(16)14-28)24-26-25(31-27-24)18-10-11-21(20(13-18)15-29-2)22-6-4-5-7-23(22)30-3/h4-14H,15H2,1-3H3. The van der Waals surface area contributed by atoms with Crippen LogP contribution in [0.4, 0.5) is 0 Å². The predicted octanol–water partition coefficient (Wildman–Crippen LogP) is 5.35. The number of aromatic nitrogens is 2. The van der Waals surface area contributed by atoms with Gasteiger partial charge in [0.1, 0.15) is 12.0 Å². The van der Waals surface area contributed by atoms with Crippen LogP contribution in [0.1, 0.15) is 21.5 Å². The Morgan fingerprint density at radius 3 is 2.52 bits per heavy atom. The van der Waals surface area contributed by atoms with E-state index in [1.54, 1.807) is 20.3 Å². The van der Waals surface area contributed by atoms with Gasteiger partial charge in [0, 0.05) is 29.4 Å². The Morgan fingerprint density at radius 1 is 0.968 bits per heavy atom. The molecule has 0 spiro atoms. The zero-order valence-electron chi connectivity index (χ0n) is 17.6. The Morgan fingerprint density at radius 2 is 1.77 bits per heavy atom. The fraction of sp³-hybridized carbons (Fsp3) is 0.160. The van der Waals surface area contributed by atoms with Crippen molar-refractivity contribution < 1.29 is 18.8 Å². The molecule has 0 saturated heterocycles. The third-order valence-electron chi connectivity index (χ3n) is 5.13. The number of rotatable bonds is 7. The van der Waals surface area contributed by atoms with Crippen molar-refractivity contribution in [1.82, 2.24) is 10.1 Å². The number of hydrogen-bond acceptors (Lipinski definition) is 6. The first kappa shape index (κ1) is 20.5. The molecule has 0 aliphatic heterocycles. The Hall–Kier alpha value is -3.77. The topological polar surface area (TPSA) is 74.5 Å². The van der Waals surface area contributed by atoms with Crippen molar-refractivity contribution >= 4 is 6.29 Å². The second-order valence-corrected chi connectivity index (χ2v) is 7.12. The number of carbonyl (C=O) groups is 1. The van der Waals surface area contributed by atoms with Gasteiger partial charge in [-0.25, -0.2) is 0 Å². The minimum atomic E-state index is 0.413. The molecule has 4 aromatic rings. The molecule has 0 unspecified atom stereocenters. The molecule has 0 atom stereocenters. The number of hydrogen-bond donors (Lipinski definition) is 0. The van der Waals surface area contributed by atoms with Crippen LogP contribution in [0.15, 0.2) is 65.2 Å². The van der Waals surface area contributed by atoms with Gasteiger partial charge in [0.15, 0.2) is 0 Å². The summed E-state index contributed by atoms with van der Waals surface area (Å²) in [5.74, 6) is 1.68. The first-order chi connectivity index (χ1) is 15.1. The highest BCUT2D eigenvalue weighted by Gasteiger charge is 2.16. The van der Waals surface area contributed by atoms with Crippen molar-refractivity contribution in [1.29, 1.82) is 0 Å². The molecule has 1 aromatic heterocycles. The Bertz CT molecular complexity index is 1230. The normalized spacial score (nSPS) is 10.8. The van der Waals surface area contributed by atoms with E-state index < -0.39 is 0 Å². The molecule has 0 amide bonds. The van der Waals surface area contributed by atoms with E-state index in [1.165, 1.54) is 0 Å². The molecule has 6 nitrogen and oxygen atoms in total. The van der Waals surface area contributed by atoms with Crippen molar-refractivity contribution in [2.75, 3.05) is 14.2 Å². The maximum absolute atomic E-state index is 11.1. The van der Waals surface area contributed by atoms with E-state index in [4.69, 9.17) is 14.0 Å². The first-order valence-corrected chi connectivity index (χ1v) is 9.80. The summed E-state index contributed by atoms with van der Waals surface area (Å²) in [6.45, 7) is 2.30. The number of aryl methyl sites for hydroxylation is 1. The molecule has 4 rings (SSSR count). The molecule has 6 heteroatoms. The molecule has 31 heavy (non-hydrogen) atoms. The number of para-hydroxylation sites is 1. The number of benzene rings is 3. The Labute approximate surface area is 180 Å². The summed E-state index contributed by atoms with van der Waals surface area (Å²) in [4.78, 5) is 15.6. The Kier molecular flexibility index (Phi) is 5.91. The first-order valence-electron chi connectivity index (χ1n) is 9.80. The van der Waals surface area contributed by atoms with Crippen LogP contribution in [-0.2, 0) is 11.3 Å². The highest BCUT2D eigenvalue weighted by molar-refractivity contribution is 5.79. The minimum Gasteiger partial charge on any atom is -0.496 e. The summed E-state index contributed by atoms with van der Waals surface area (Å²) < 4.78 is 16.5. The van der Waals surface area contributed by atoms with E-state index in [0.717, 1.165) is 45.4 Å². The number of ether oxygens (including phenoxy) is 2. The lowest BCUT2D eigenvalue weighted by molar-refractivity contribution is 0.112. The lowest BCUT2D eigenvalue weighted by Crippen LogP contribution is -1.95. The highest BCUT2D eigenvalue weighted by atomic mass is 16.5. The maximum Gasteiger partial charge on any atom is 0.258 e. The zero-order valence-corrected chi connectivity index (χ0v) is 17.6. The SMILES string of the molecule is COCc1cc(-c2nc(-c3ccc(C=O)c(C)c3)no2)ccc1-c1ccccc1OC. The van der Waals surface area contributed by atoms with Gasteiger partial charge < -0.3 is 14.0 Å². The van der Waals surface area contributed by atoms with Crippen molar-refractivity contribution in [3.8, 4) is 39.7 Å². The second-order valence-electron chi connectivity index (χ2n) is 7.12. The summed E-state index contributed by atoms with van der Waals surface area (Å²) in [7, 11) is 3.32. The monoisotopic (exact) mass is 414 g/mol. The average Bonchev–Trinajstić information content (AvgIpc) is 3.29. The molecule has 0 bridgehead atoms. The van der Waals surface area contributed by atoms with Crippen LogP contribution in [0.25, 0.3) is 34.0 Å². The van der Waals surface area contributed by atoms with E-state index in [-0.39, 0.29) is 0 Å². The molecule has 0 fully saturated rings. The average molecular weight is 414 g/mol. The molecule has 156 valence electrons.